The van der Waals surface area contributed by atoms with E-state index in [0.29, 0.717) is 46.1 Å². The zero-order chi connectivity index (χ0) is 25.8. The van der Waals surface area contributed by atoms with Crippen LogP contribution in [0.5, 0.6) is 11.5 Å². The molecule has 0 radical (unpaired) electrons. The van der Waals surface area contributed by atoms with Gasteiger partial charge in [-0.05, 0) is 61.9 Å². The summed E-state index contributed by atoms with van der Waals surface area (Å²) in [6.45, 7) is 4.62. The summed E-state index contributed by atoms with van der Waals surface area (Å²) in [5, 5.41) is 3.09. The lowest BCUT2D eigenvalue weighted by molar-refractivity contribution is -0.122. The SMILES string of the molecule is CCCOc1ccc(N2C(=O)NC(=O)/C(=C\c3ccc(-c4cc(Cl)ccc4Cl)o3)C2=O)cc1OCC. The van der Waals surface area contributed by atoms with Crippen molar-refractivity contribution in [3.8, 4) is 22.8 Å². The Kier molecular flexibility index (Phi) is 7.67. The highest BCUT2D eigenvalue weighted by molar-refractivity contribution is 6.39. The monoisotopic (exact) mass is 528 g/mol. The number of urea groups is 1. The Morgan fingerprint density at radius 2 is 1.78 bits per heavy atom. The van der Waals surface area contributed by atoms with E-state index in [0.717, 1.165) is 11.3 Å². The first kappa shape index (κ1) is 25.3. The van der Waals surface area contributed by atoms with Gasteiger partial charge >= 0.3 is 6.03 Å². The number of benzene rings is 2. The second kappa shape index (κ2) is 10.9. The van der Waals surface area contributed by atoms with Crippen LogP contribution < -0.4 is 19.7 Å². The molecule has 1 aromatic heterocycles. The molecule has 0 bridgehead atoms. The molecular weight excluding hydrogens is 507 g/mol. The van der Waals surface area contributed by atoms with E-state index >= 15 is 0 Å². The van der Waals surface area contributed by atoms with E-state index < -0.39 is 17.8 Å². The van der Waals surface area contributed by atoms with Gasteiger partial charge in [0, 0.05) is 16.7 Å². The summed E-state index contributed by atoms with van der Waals surface area (Å²) in [6.07, 6.45) is 2.07. The van der Waals surface area contributed by atoms with E-state index in [1.165, 1.54) is 12.1 Å². The number of nitrogens with one attached hydrogen (secondary N) is 1. The van der Waals surface area contributed by atoms with Crippen LogP contribution in [0.15, 0.2) is 58.5 Å². The van der Waals surface area contributed by atoms with Crippen molar-refractivity contribution in [2.24, 2.45) is 0 Å². The van der Waals surface area contributed by atoms with Crippen LogP contribution in [0.25, 0.3) is 17.4 Å². The van der Waals surface area contributed by atoms with E-state index in [1.807, 2.05) is 13.8 Å². The molecule has 1 aliphatic rings. The number of hydrogen-bond acceptors (Lipinski definition) is 6. The van der Waals surface area contributed by atoms with Crippen molar-refractivity contribution in [1.29, 1.82) is 0 Å². The van der Waals surface area contributed by atoms with Gasteiger partial charge in [0.2, 0.25) is 0 Å². The van der Waals surface area contributed by atoms with Gasteiger partial charge in [0.05, 0.1) is 23.9 Å². The third kappa shape index (κ3) is 5.24. The molecule has 0 aliphatic carbocycles. The van der Waals surface area contributed by atoms with Crippen molar-refractivity contribution in [3.05, 3.63) is 69.9 Å². The average molecular weight is 529 g/mol. The first-order chi connectivity index (χ1) is 17.3. The number of carbonyl (C=O) groups excluding carboxylic acids is 3. The van der Waals surface area contributed by atoms with Gasteiger partial charge in [-0.25, -0.2) is 9.69 Å². The molecule has 0 atom stereocenters. The summed E-state index contributed by atoms with van der Waals surface area (Å²) in [5.41, 5.74) is 0.491. The molecular formula is C26H22Cl2N2O6. The van der Waals surface area contributed by atoms with Gasteiger partial charge in [0.1, 0.15) is 17.1 Å². The van der Waals surface area contributed by atoms with Crippen molar-refractivity contribution in [2.75, 3.05) is 18.1 Å². The van der Waals surface area contributed by atoms with Crippen LogP contribution in [0.3, 0.4) is 0 Å². The lowest BCUT2D eigenvalue weighted by Crippen LogP contribution is -2.54. The number of halogens is 2. The summed E-state index contributed by atoms with van der Waals surface area (Å²) in [4.78, 5) is 39.3. The topological polar surface area (TPSA) is 98.1 Å². The molecule has 3 aromatic rings. The van der Waals surface area contributed by atoms with E-state index in [9.17, 15) is 14.4 Å². The predicted molar refractivity (Wildman–Crippen MR) is 137 cm³/mol. The number of nitrogens with zero attached hydrogens (tertiary/aromatic N) is 1. The van der Waals surface area contributed by atoms with Gasteiger partial charge in [0.25, 0.3) is 11.8 Å². The van der Waals surface area contributed by atoms with Gasteiger partial charge in [-0.3, -0.25) is 14.9 Å². The maximum absolute atomic E-state index is 13.3. The van der Waals surface area contributed by atoms with Crippen molar-refractivity contribution >= 4 is 52.8 Å². The first-order valence-corrected chi connectivity index (χ1v) is 11.9. The highest BCUT2D eigenvalue weighted by atomic mass is 35.5. The fourth-order valence-electron chi connectivity index (χ4n) is 3.53. The zero-order valence-corrected chi connectivity index (χ0v) is 21.0. The standard InChI is InChI=1S/C26H22Cl2N2O6/c1-3-11-35-22-9-6-16(13-23(22)34-4-2)30-25(32)19(24(31)29-26(30)33)14-17-7-10-21(36-17)18-12-15(27)5-8-20(18)28/h5-10,12-14H,3-4,11H2,1-2H3,(H,29,31,33)/b19-14+. The van der Waals surface area contributed by atoms with Crippen LogP contribution in [-0.4, -0.2) is 31.1 Å². The molecule has 0 saturated carbocycles. The molecule has 10 heteroatoms. The van der Waals surface area contributed by atoms with Crippen LogP contribution in [0.2, 0.25) is 10.0 Å². The van der Waals surface area contributed by atoms with Crippen LogP contribution in [0.1, 0.15) is 26.0 Å². The Labute approximate surface area is 217 Å². The van der Waals surface area contributed by atoms with Gasteiger partial charge in [-0.2, -0.15) is 0 Å². The fraction of sp³-hybridized carbons (Fsp3) is 0.192. The summed E-state index contributed by atoms with van der Waals surface area (Å²) < 4.78 is 17.1. The third-order valence-corrected chi connectivity index (χ3v) is 5.72. The third-order valence-electron chi connectivity index (χ3n) is 5.16. The maximum Gasteiger partial charge on any atom is 0.335 e. The van der Waals surface area contributed by atoms with Crippen molar-refractivity contribution < 1.29 is 28.3 Å². The fourth-order valence-corrected chi connectivity index (χ4v) is 3.91. The number of hydrogen-bond donors (Lipinski definition) is 1. The molecule has 2 heterocycles. The molecule has 186 valence electrons. The summed E-state index contributed by atoms with van der Waals surface area (Å²) >= 11 is 12.3. The summed E-state index contributed by atoms with van der Waals surface area (Å²) in [7, 11) is 0. The number of amides is 4. The van der Waals surface area contributed by atoms with E-state index in [1.54, 1.807) is 42.5 Å². The van der Waals surface area contributed by atoms with Crippen molar-refractivity contribution in [3.63, 3.8) is 0 Å². The molecule has 1 fully saturated rings. The Morgan fingerprint density at radius 3 is 2.53 bits per heavy atom. The first-order valence-electron chi connectivity index (χ1n) is 11.2. The van der Waals surface area contributed by atoms with Crippen LogP contribution in [-0.2, 0) is 9.59 Å². The Balaban J connectivity index is 1.66. The van der Waals surface area contributed by atoms with Gasteiger partial charge in [-0.1, -0.05) is 30.1 Å². The molecule has 0 unspecified atom stereocenters. The molecule has 1 aliphatic heterocycles. The Morgan fingerprint density at radius 1 is 0.972 bits per heavy atom. The molecule has 1 N–H and O–H groups in total. The molecule has 4 amide bonds. The highest BCUT2D eigenvalue weighted by Gasteiger charge is 2.37. The lowest BCUT2D eigenvalue weighted by Gasteiger charge is -2.27. The minimum Gasteiger partial charge on any atom is -0.490 e. The molecule has 2 aromatic carbocycles. The van der Waals surface area contributed by atoms with Crippen LogP contribution >= 0.6 is 23.2 Å². The van der Waals surface area contributed by atoms with Crippen LogP contribution in [0.4, 0.5) is 10.5 Å². The van der Waals surface area contributed by atoms with E-state index in [2.05, 4.69) is 5.32 Å². The predicted octanol–water partition coefficient (Wildman–Crippen LogP) is 6.11. The number of rotatable bonds is 8. The summed E-state index contributed by atoms with van der Waals surface area (Å²) in [6, 6.07) is 11.9. The minimum atomic E-state index is -0.877. The van der Waals surface area contributed by atoms with E-state index in [-0.39, 0.29) is 17.0 Å². The maximum atomic E-state index is 13.3. The molecule has 1 saturated heterocycles. The Hall–Kier alpha value is -3.75. The Bertz CT molecular complexity index is 1360. The van der Waals surface area contributed by atoms with Gasteiger partial charge in [0.15, 0.2) is 11.5 Å². The van der Waals surface area contributed by atoms with Crippen molar-refractivity contribution in [2.45, 2.75) is 20.3 Å². The zero-order valence-electron chi connectivity index (χ0n) is 19.5. The summed E-state index contributed by atoms with van der Waals surface area (Å²) in [5.74, 6) is -0.176. The average Bonchev–Trinajstić information content (AvgIpc) is 3.31. The number of imide groups is 2. The lowest BCUT2D eigenvalue weighted by atomic mass is 10.1. The minimum absolute atomic E-state index is 0.215. The molecule has 36 heavy (non-hydrogen) atoms. The number of carbonyl (C=O) groups is 3. The second-order valence-corrected chi connectivity index (χ2v) is 8.54. The van der Waals surface area contributed by atoms with Gasteiger partial charge in [-0.15, -0.1) is 0 Å². The van der Waals surface area contributed by atoms with Crippen molar-refractivity contribution in [1.82, 2.24) is 5.32 Å². The van der Waals surface area contributed by atoms with E-state index in [4.69, 9.17) is 37.1 Å². The number of ether oxygens (including phenoxy) is 2. The smallest absolute Gasteiger partial charge is 0.335 e. The largest absolute Gasteiger partial charge is 0.490 e. The number of anilines is 1. The number of barbiturate groups is 1. The quantitative estimate of drug-likeness (QED) is 0.280. The van der Waals surface area contributed by atoms with Crippen LogP contribution in [0, 0.1) is 0 Å². The molecule has 0 spiro atoms. The normalized spacial score (nSPS) is 14.8. The highest BCUT2D eigenvalue weighted by Crippen LogP contribution is 2.35. The second-order valence-electron chi connectivity index (χ2n) is 7.70. The molecule has 4 rings (SSSR count). The van der Waals surface area contributed by atoms with Gasteiger partial charge < -0.3 is 13.9 Å². The molecule has 8 nitrogen and oxygen atoms in total. The number of furan rings is 1.